The molecule has 0 rings (SSSR count). The van der Waals surface area contributed by atoms with E-state index in [4.69, 9.17) is 19.2 Å². The first kappa shape index (κ1) is 16.6. The van der Waals surface area contributed by atoms with Gasteiger partial charge in [-0.05, 0) is 0 Å². The van der Waals surface area contributed by atoms with Crippen molar-refractivity contribution in [2.24, 2.45) is 0 Å². The van der Waals surface area contributed by atoms with Gasteiger partial charge in [-0.15, -0.1) is 0 Å². The maximum atomic E-state index is 8.88. The van der Waals surface area contributed by atoms with Crippen LogP contribution in [0.1, 0.15) is 0 Å². The molecule has 0 aliphatic rings. The van der Waals surface area contributed by atoms with Crippen molar-refractivity contribution in [2.45, 2.75) is 0 Å². The molecule has 4 nitrogen and oxygen atoms in total. The van der Waals surface area contributed by atoms with E-state index in [0.29, 0.717) is 0 Å². The average molecular weight is 295 g/mol. The van der Waals surface area contributed by atoms with Crippen molar-refractivity contribution in [1.29, 1.82) is 0 Å². The fraction of sp³-hybridized carbons (Fsp3) is 0. The molecule has 0 radical (unpaired) electrons. The number of phosphoric acid groups is 1. The summed E-state index contributed by atoms with van der Waals surface area (Å²) in [5, 5.41) is 0. The molecule has 0 bridgehead atoms. The van der Waals surface area contributed by atoms with Gasteiger partial charge in [0, 0.05) is 39.9 Å². The zero-order valence-electron chi connectivity index (χ0n) is 2.55. The van der Waals surface area contributed by atoms with Crippen molar-refractivity contribution in [1.82, 2.24) is 0 Å². The van der Waals surface area contributed by atoms with Crippen LogP contribution in [0.2, 0.25) is 0 Å². The van der Waals surface area contributed by atoms with Crippen molar-refractivity contribution in [3.8, 4) is 0 Å². The van der Waals surface area contributed by atoms with Crippen molar-refractivity contribution in [3.63, 3.8) is 0 Å². The van der Waals surface area contributed by atoms with Crippen LogP contribution in [-0.2, 0) is 4.57 Å². The molecule has 0 amide bonds. The van der Waals surface area contributed by atoms with Crippen molar-refractivity contribution < 1.29 is 59.2 Å². The Hall–Kier alpha value is 3.07. The SMILES string of the molecule is O=P(O)(O)O.[Gd].[KH]. The van der Waals surface area contributed by atoms with E-state index in [1.807, 2.05) is 0 Å². The second kappa shape index (κ2) is 7.18. The molecule has 0 aromatic heterocycles. The molecule has 0 saturated heterocycles. The molecule has 0 aromatic carbocycles. The van der Waals surface area contributed by atoms with Gasteiger partial charge in [-0.25, -0.2) is 4.57 Å². The van der Waals surface area contributed by atoms with Crippen LogP contribution in [0.15, 0.2) is 0 Å². The maximum absolute atomic E-state index is 8.88. The first-order valence-electron chi connectivity index (χ1n) is 0.783. The molecule has 0 unspecified atom stereocenters. The molecule has 0 aliphatic heterocycles. The van der Waals surface area contributed by atoms with E-state index in [1.165, 1.54) is 0 Å². The summed E-state index contributed by atoms with van der Waals surface area (Å²) in [6.45, 7) is 0. The van der Waals surface area contributed by atoms with E-state index >= 15 is 0 Å². The summed E-state index contributed by atoms with van der Waals surface area (Å²) >= 11 is 0. The monoisotopic (exact) mass is 296 g/mol. The molecule has 42 valence electrons. The molecule has 3 N–H and O–H groups in total. The molecule has 0 aromatic rings. The Morgan fingerprint density at radius 3 is 1.14 bits per heavy atom. The summed E-state index contributed by atoms with van der Waals surface area (Å²) in [4.78, 5) is 21.6. The van der Waals surface area contributed by atoms with Gasteiger partial charge >= 0.3 is 59.2 Å². The van der Waals surface area contributed by atoms with Gasteiger partial charge in [0.05, 0.1) is 0 Å². The van der Waals surface area contributed by atoms with Crippen molar-refractivity contribution >= 4 is 59.2 Å². The summed E-state index contributed by atoms with van der Waals surface area (Å²) in [5.41, 5.74) is 0. The summed E-state index contributed by atoms with van der Waals surface area (Å²) in [5.74, 6) is 0. The first-order valence-corrected chi connectivity index (χ1v) is 2.35. The van der Waals surface area contributed by atoms with Crippen molar-refractivity contribution in [3.05, 3.63) is 0 Å². The fourth-order valence-electron chi connectivity index (χ4n) is 0. The second-order valence-corrected chi connectivity index (χ2v) is 1.54. The Kier molecular flexibility index (Phi) is 17.0. The molecule has 7 heavy (non-hydrogen) atoms. The molecule has 7 heteroatoms. The molecule has 0 saturated carbocycles. The zero-order chi connectivity index (χ0) is 4.50. The summed E-state index contributed by atoms with van der Waals surface area (Å²) in [6, 6.07) is 0. The van der Waals surface area contributed by atoms with E-state index in [0.717, 1.165) is 0 Å². The minimum atomic E-state index is -4.64. The fourth-order valence-corrected chi connectivity index (χ4v) is 0. The molecular formula is H4GdKO4P. The van der Waals surface area contributed by atoms with Crippen LogP contribution >= 0.6 is 7.82 Å². The molecule has 0 spiro atoms. The van der Waals surface area contributed by atoms with Crippen LogP contribution in [0, 0.1) is 39.9 Å². The summed E-state index contributed by atoms with van der Waals surface area (Å²) in [7, 11) is -4.64. The first-order chi connectivity index (χ1) is 2.00. The van der Waals surface area contributed by atoms with Crippen molar-refractivity contribution in [2.75, 3.05) is 0 Å². The van der Waals surface area contributed by atoms with Crippen LogP contribution in [0.4, 0.5) is 0 Å². The third kappa shape index (κ3) is 48.1. The Bertz CT molecular complexity index is 57.8. The topological polar surface area (TPSA) is 77.8 Å². The summed E-state index contributed by atoms with van der Waals surface area (Å²) in [6.07, 6.45) is 0. The number of hydrogen-bond acceptors (Lipinski definition) is 1. The summed E-state index contributed by atoms with van der Waals surface area (Å²) < 4.78 is 8.88. The quantitative estimate of drug-likeness (QED) is 0.372. The predicted molar refractivity (Wildman–Crippen MR) is 21.4 cm³/mol. The Morgan fingerprint density at radius 1 is 1.14 bits per heavy atom. The third-order valence-electron chi connectivity index (χ3n) is 0. The van der Waals surface area contributed by atoms with Gasteiger partial charge < -0.3 is 14.7 Å². The van der Waals surface area contributed by atoms with Crippen LogP contribution in [0.25, 0.3) is 0 Å². The van der Waals surface area contributed by atoms with Crippen LogP contribution in [0.3, 0.4) is 0 Å². The van der Waals surface area contributed by atoms with Gasteiger partial charge in [-0.2, -0.15) is 0 Å². The van der Waals surface area contributed by atoms with Gasteiger partial charge in [0.15, 0.2) is 0 Å². The molecular weight excluding hydrogens is 291 g/mol. The predicted octanol–water partition coefficient (Wildman–Crippen LogP) is -1.58. The molecule has 0 atom stereocenters. The van der Waals surface area contributed by atoms with Gasteiger partial charge in [0.2, 0.25) is 0 Å². The normalized spacial score (nSPS) is 8.43. The van der Waals surface area contributed by atoms with Crippen LogP contribution < -0.4 is 0 Å². The van der Waals surface area contributed by atoms with Gasteiger partial charge in [-0.3, -0.25) is 0 Å². The number of rotatable bonds is 0. The zero-order valence-corrected chi connectivity index (χ0v) is 5.71. The van der Waals surface area contributed by atoms with Crippen LogP contribution in [0.5, 0.6) is 0 Å². The molecule has 0 fully saturated rings. The number of hydrogen-bond donors (Lipinski definition) is 3. The van der Waals surface area contributed by atoms with E-state index in [2.05, 4.69) is 0 Å². The van der Waals surface area contributed by atoms with E-state index in [1.54, 1.807) is 0 Å². The second-order valence-electron chi connectivity index (χ2n) is 0.513. The van der Waals surface area contributed by atoms with Gasteiger partial charge in [0.25, 0.3) is 0 Å². The Morgan fingerprint density at radius 2 is 1.14 bits per heavy atom. The minimum absolute atomic E-state index is 0. The third-order valence-corrected chi connectivity index (χ3v) is 0. The standard InChI is InChI=1S/Gd.K.H3O4P.H/c;;1-5(2,3)4;/h;;(H3,1,2,3,4);. The van der Waals surface area contributed by atoms with Gasteiger partial charge in [-0.1, -0.05) is 0 Å². The molecule has 0 heterocycles. The Balaban J connectivity index is -0.0000000800. The van der Waals surface area contributed by atoms with Gasteiger partial charge in [0.1, 0.15) is 0 Å². The van der Waals surface area contributed by atoms with Crippen LogP contribution in [-0.4, -0.2) is 66.1 Å². The van der Waals surface area contributed by atoms with E-state index in [-0.39, 0.29) is 91.3 Å². The Labute approximate surface area is 115 Å². The average Bonchev–Trinajstić information content (AvgIpc) is 0.722. The van der Waals surface area contributed by atoms with E-state index < -0.39 is 7.82 Å². The molecule has 0 aliphatic carbocycles. The van der Waals surface area contributed by atoms with E-state index in [9.17, 15) is 0 Å².